The maximum absolute atomic E-state index is 13.4. The van der Waals surface area contributed by atoms with Crippen LogP contribution in [0.2, 0.25) is 0 Å². The lowest BCUT2D eigenvalue weighted by Gasteiger charge is -2.40. The van der Waals surface area contributed by atoms with Gasteiger partial charge in [0, 0.05) is 62.6 Å². The molecule has 4 aromatic rings. The number of rotatable bonds is 11. The first kappa shape index (κ1) is 28.1. The average Bonchev–Trinajstić information content (AvgIpc) is 3.50. The molecule has 2 aliphatic rings. The number of piperazine rings is 1. The molecule has 1 N–H and O–H groups in total. The quantitative estimate of drug-likeness (QED) is 0.266. The van der Waals surface area contributed by atoms with Gasteiger partial charge in [0.15, 0.2) is 5.78 Å². The summed E-state index contributed by atoms with van der Waals surface area (Å²) in [4.78, 5) is 35.3. The number of ketones is 1. The van der Waals surface area contributed by atoms with Gasteiger partial charge in [-0.3, -0.25) is 24.4 Å². The van der Waals surface area contributed by atoms with Crippen LogP contribution in [0.5, 0.6) is 5.75 Å². The molecule has 0 saturated carbocycles. The monoisotopic (exact) mass is 565 g/mol. The maximum atomic E-state index is 13.4. The first-order chi connectivity index (χ1) is 20.5. The minimum atomic E-state index is -0.0790. The number of hydrogen-bond donors (Lipinski definition) is 1. The molecule has 2 aromatic heterocycles. The number of aryl methyl sites for hydroxylation is 2. The Bertz CT molecular complexity index is 1550. The van der Waals surface area contributed by atoms with Crippen LogP contribution in [0.15, 0.2) is 73.1 Å². The summed E-state index contributed by atoms with van der Waals surface area (Å²) < 4.78 is 7.90. The Morgan fingerprint density at radius 2 is 1.76 bits per heavy atom. The number of amides is 1. The van der Waals surface area contributed by atoms with Gasteiger partial charge in [0.05, 0.1) is 24.7 Å². The van der Waals surface area contributed by atoms with Crippen LogP contribution in [-0.4, -0.2) is 76.4 Å². The van der Waals surface area contributed by atoms with Crippen LogP contribution in [0.25, 0.3) is 10.9 Å². The lowest BCUT2D eigenvalue weighted by atomic mass is 10.1. The van der Waals surface area contributed by atoms with E-state index in [1.807, 2.05) is 54.7 Å². The Morgan fingerprint density at radius 1 is 0.976 bits per heavy atom. The summed E-state index contributed by atoms with van der Waals surface area (Å²) in [6.45, 7) is 6.60. The fourth-order valence-electron chi connectivity index (χ4n) is 6.73. The van der Waals surface area contributed by atoms with Gasteiger partial charge in [-0.2, -0.15) is 0 Å². The molecule has 2 fully saturated rings. The summed E-state index contributed by atoms with van der Waals surface area (Å²) in [7, 11) is 1.68. The summed E-state index contributed by atoms with van der Waals surface area (Å²) >= 11 is 0. The summed E-state index contributed by atoms with van der Waals surface area (Å²) in [6.07, 6.45) is 6.97. The van der Waals surface area contributed by atoms with E-state index in [1.165, 1.54) is 12.8 Å². The number of Topliss-reactive ketones (excluding diaryl/α,β-unsaturated/α-hetero) is 1. The number of nitrogens with one attached hydrogen (secondary N) is 1. The number of methoxy groups -OCH3 is 1. The molecule has 2 atom stereocenters. The molecule has 1 amide bonds. The largest absolute Gasteiger partial charge is 0.495 e. The van der Waals surface area contributed by atoms with Crippen LogP contribution in [0, 0.1) is 6.92 Å². The molecule has 2 unspecified atom stereocenters. The van der Waals surface area contributed by atoms with E-state index >= 15 is 0 Å². The molecular weight excluding hydrogens is 526 g/mol. The molecule has 42 heavy (non-hydrogen) atoms. The van der Waals surface area contributed by atoms with E-state index in [9.17, 15) is 9.59 Å². The Balaban J connectivity index is 1.10. The van der Waals surface area contributed by atoms with Crippen LogP contribution in [0.3, 0.4) is 0 Å². The number of ether oxygens (including phenoxy) is 1. The van der Waals surface area contributed by atoms with E-state index in [0.717, 1.165) is 60.4 Å². The van der Waals surface area contributed by atoms with E-state index in [2.05, 4.69) is 37.7 Å². The second-order valence-corrected chi connectivity index (χ2v) is 11.5. The summed E-state index contributed by atoms with van der Waals surface area (Å²) in [5.41, 5.74) is 4.45. The minimum absolute atomic E-state index is 0.0790. The van der Waals surface area contributed by atoms with Gasteiger partial charge >= 0.3 is 0 Å². The molecule has 0 radical (unpaired) electrons. The molecular formula is C34H39N5O3. The highest BCUT2D eigenvalue weighted by Gasteiger charge is 2.39. The Labute approximate surface area is 247 Å². The topological polar surface area (TPSA) is 79.7 Å². The second-order valence-electron chi connectivity index (χ2n) is 11.5. The molecule has 8 nitrogen and oxygen atoms in total. The predicted molar refractivity (Wildman–Crippen MR) is 164 cm³/mol. The molecule has 0 aliphatic carbocycles. The second kappa shape index (κ2) is 12.5. The Morgan fingerprint density at radius 3 is 2.50 bits per heavy atom. The van der Waals surface area contributed by atoms with Crippen molar-refractivity contribution in [1.29, 1.82) is 0 Å². The number of pyridine rings is 1. The van der Waals surface area contributed by atoms with Gasteiger partial charge in [0.2, 0.25) is 0 Å². The lowest BCUT2D eigenvalue weighted by molar-refractivity contribution is 0.0586. The van der Waals surface area contributed by atoms with Gasteiger partial charge in [0.1, 0.15) is 11.4 Å². The summed E-state index contributed by atoms with van der Waals surface area (Å²) in [5.74, 6) is 0.789. The Kier molecular flexibility index (Phi) is 8.35. The number of nitrogens with zero attached hydrogens (tertiary/aromatic N) is 4. The van der Waals surface area contributed by atoms with Crippen LogP contribution >= 0.6 is 0 Å². The fourth-order valence-corrected chi connectivity index (χ4v) is 6.73. The van der Waals surface area contributed by atoms with Gasteiger partial charge in [-0.15, -0.1) is 0 Å². The van der Waals surface area contributed by atoms with Crippen molar-refractivity contribution >= 4 is 22.6 Å². The van der Waals surface area contributed by atoms with Gasteiger partial charge in [-0.1, -0.05) is 42.5 Å². The molecule has 2 bridgehead atoms. The number of carbonyl (C=O) groups excluding carboxylic acids is 2. The summed E-state index contributed by atoms with van der Waals surface area (Å²) in [5, 5.41) is 4.03. The standard InChI is InChI=1S/C34H39N5O3/c1-24-9-3-4-10-25(24)19-36-34(41)29-22-38(33-28(29)11-7-13-32(33)42-2)17-8-18-39-26-14-15-27(39)21-37(20-26)23-31(40)30-12-5-6-16-35-30/h3-7,9-13,16,22,26-27H,8,14-15,17-21,23H2,1-2H3,(H,36,41). The van der Waals surface area contributed by atoms with Crippen molar-refractivity contribution in [2.75, 3.05) is 33.3 Å². The number of likely N-dealkylation sites (tertiary alicyclic amines) is 1. The molecule has 4 heterocycles. The van der Waals surface area contributed by atoms with E-state index < -0.39 is 0 Å². The van der Waals surface area contributed by atoms with Crippen molar-refractivity contribution < 1.29 is 14.3 Å². The van der Waals surface area contributed by atoms with Crippen molar-refractivity contribution in [3.8, 4) is 5.75 Å². The van der Waals surface area contributed by atoms with Crippen molar-refractivity contribution in [3.05, 3.63) is 95.4 Å². The van der Waals surface area contributed by atoms with Crippen LogP contribution < -0.4 is 10.1 Å². The average molecular weight is 566 g/mol. The SMILES string of the molecule is COc1cccc2c(C(=O)NCc3ccccc3C)cn(CCCN3C4CCC3CN(CC(=O)c3ccccn3)C4)c12. The molecule has 2 aromatic carbocycles. The van der Waals surface area contributed by atoms with Gasteiger partial charge in [-0.05, 0) is 55.5 Å². The predicted octanol–water partition coefficient (Wildman–Crippen LogP) is 4.70. The normalized spacial score (nSPS) is 18.8. The highest BCUT2D eigenvalue weighted by atomic mass is 16.5. The van der Waals surface area contributed by atoms with E-state index in [4.69, 9.17) is 4.74 Å². The third kappa shape index (κ3) is 5.82. The number of hydrogen-bond acceptors (Lipinski definition) is 6. The molecule has 0 spiro atoms. The number of carbonyl (C=O) groups is 2. The zero-order valence-corrected chi connectivity index (χ0v) is 24.5. The van der Waals surface area contributed by atoms with E-state index in [1.54, 1.807) is 19.4 Å². The van der Waals surface area contributed by atoms with Crippen molar-refractivity contribution in [3.63, 3.8) is 0 Å². The zero-order chi connectivity index (χ0) is 29.1. The maximum Gasteiger partial charge on any atom is 0.253 e. The Hall–Kier alpha value is -4.01. The highest BCUT2D eigenvalue weighted by Crippen LogP contribution is 2.32. The van der Waals surface area contributed by atoms with Crippen molar-refractivity contribution in [1.82, 2.24) is 24.7 Å². The number of aromatic nitrogens is 2. The summed E-state index contributed by atoms with van der Waals surface area (Å²) in [6, 6.07) is 20.5. The molecule has 6 rings (SSSR count). The van der Waals surface area contributed by atoms with Gasteiger partial charge in [-0.25, -0.2) is 0 Å². The molecule has 8 heteroatoms. The third-order valence-corrected chi connectivity index (χ3v) is 8.87. The van der Waals surface area contributed by atoms with Crippen molar-refractivity contribution in [2.45, 2.75) is 51.4 Å². The smallest absolute Gasteiger partial charge is 0.253 e. The van der Waals surface area contributed by atoms with Crippen LogP contribution in [0.4, 0.5) is 0 Å². The zero-order valence-electron chi connectivity index (χ0n) is 24.5. The van der Waals surface area contributed by atoms with Gasteiger partial charge in [0.25, 0.3) is 5.91 Å². The van der Waals surface area contributed by atoms with Crippen molar-refractivity contribution in [2.24, 2.45) is 0 Å². The van der Waals surface area contributed by atoms with E-state index in [0.29, 0.717) is 36.4 Å². The molecule has 2 saturated heterocycles. The lowest BCUT2D eigenvalue weighted by Crippen LogP contribution is -2.54. The minimum Gasteiger partial charge on any atom is -0.495 e. The fraction of sp³-hybridized carbons (Fsp3) is 0.382. The number of fused-ring (bicyclic) bond motifs is 3. The van der Waals surface area contributed by atoms with Crippen LogP contribution in [-0.2, 0) is 13.1 Å². The van der Waals surface area contributed by atoms with E-state index in [-0.39, 0.29) is 11.7 Å². The third-order valence-electron chi connectivity index (χ3n) is 8.87. The molecule has 2 aliphatic heterocycles. The van der Waals surface area contributed by atoms with Gasteiger partial charge < -0.3 is 14.6 Å². The first-order valence-electron chi connectivity index (χ1n) is 14.9. The first-order valence-corrected chi connectivity index (χ1v) is 14.9. The van der Waals surface area contributed by atoms with Crippen LogP contribution in [0.1, 0.15) is 51.2 Å². The number of benzene rings is 2. The highest BCUT2D eigenvalue weighted by molar-refractivity contribution is 6.08. The molecule has 218 valence electrons. The number of para-hydroxylation sites is 1.